The lowest BCUT2D eigenvalue weighted by molar-refractivity contribution is 0.290. The van der Waals surface area contributed by atoms with Crippen LogP contribution in [0.25, 0.3) is 0 Å². The van der Waals surface area contributed by atoms with E-state index in [2.05, 4.69) is 63.3 Å². The minimum atomic E-state index is 0.345. The fourth-order valence-corrected chi connectivity index (χ4v) is 2.69. The molecule has 0 radical (unpaired) electrons. The molecule has 1 rings (SSSR count). The van der Waals surface area contributed by atoms with Crippen molar-refractivity contribution >= 4 is 0 Å². The number of hydrogen-bond acceptors (Lipinski definition) is 3. The molecule has 0 saturated carbocycles. The lowest BCUT2D eigenvalue weighted by atomic mass is 10.0. The molecule has 0 bridgehead atoms. The Kier molecular flexibility index (Phi) is 6.01. The van der Waals surface area contributed by atoms with Gasteiger partial charge in [-0.05, 0) is 40.3 Å². The largest absolute Gasteiger partial charge is 0.308 e. The number of aromatic nitrogens is 2. The molecule has 2 unspecified atom stereocenters. The van der Waals surface area contributed by atoms with Gasteiger partial charge in [0.1, 0.15) is 0 Å². The van der Waals surface area contributed by atoms with Gasteiger partial charge in [-0.25, -0.2) is 0 Å². The highest BCUT2D eigenvalue weighted by atomic mass is 15.3. The van der Waals surface area contributed by atoms with Gasteiger partial charge in [0.05, 0.1) is 5.69 Å². The van der Waals surface area contributed by atoms with Gasteiger partial charge in [-0.15, -0.1) is 0 Å². The highest BCUT2D eigenvalue weighted by Gasteiger charge is 2.18. The molecule has 0 aliphatic carbocycles. The Hall–Kier alpha value is -0.870. The van der Waals surface area contributed by atoms with E-state index >= 15 is 0 Å². The van der Waals surface area contributed by atoms with E-state index in [1.54, 1.807) is 0 Å². The predicted molar refractivity (Wildman–Crippen MR) is 81.3 cm³/mol. The van der Waals surface area contributed by atoms with Crippen molar-refractivity contribution in [2.24, 2.45) is 13.0 Å². The number of hydrogen-bond donors (Lipinski definition) is 1. The highest BCUT2D eigenvalue weighted by molar-refractivity contribution is 5.19. The monoisotopic (exact) mass is 266 g/mol. The van der Waals surface area contributed by atoms with Gasteiger partial charge in [-0.3, -0.25) is 4.68 Å². The van der Waals surface area contributed by atoms with Crippen LogP contribution in [0.5, 0.6) is 0 Å². The van der Waals surface area contributed by atoms with Crippen LogP contribution in [0.2, 0.25) is 0 Å². The molecule has 0 aromatic carbocycles. The van der Waals surface area contributed by atoms with Crippen LogP contribution in [0.15, 0.2) is 6.20 Å². The SMILES string of the molecule is Cc1nn(C)cc1C(C)NC(CC(C)C)CN(C)C. The first-order chi connectivity index (χ1) is 8.79. The Balaban J connectivity index is 2.69. The van der Waals surface area contributed by atoms with Gasteiger partial charge in [0.15, 0.2) is 0 Å². The number of aryl methyl sites for hydroxylation is 2. The Morgan fingerprint density at radius 2 is 1.95 bits per heavy atom. The molecule has 1 aromatic rings. The van der Waals surface area contributed by atoms with Gasteiger partial charge >= 0.3 is 0 Å². The zero-order chi connectivity index (χ0) is 14.6. The molecule has 19 heavy (non-hydrogen) atoms. The summed E-state index contributed by atoms with van der Waals surface area (Å²) < 4.78 is 1.90. The molecule has 110 valence electrons. The van der Waals surface area contributed by atoms with Crippen molar-refractivity contribution in [3.05, 3.63) is 17.5 Å². The van der Waals surface area contributed by atoms with Gasteiger partial charge < -0.3 is 10.2 Å². The lowest BCUT2D eigenvalue weighted by Crippen LogP contribution is -2.40. The van der Waals surface area contributed by atoms with E-state index in [0.717, 1.165) is 12.2 Å². The summed E-state index contributed by atoms with van der Waals surface area (Å²) in [6.07, 6.45) is 3.32. The topological polar surface area (TPSA) is 33.1 Å². The summed E-state index contributed by atoms with van der Waals surface area (Å²) in [4.78, 5) is 2.25. The van der Waals surface area contributed by atoms with Crippen LogP contribution in [0, 0.1) is 12.8 Å². The fourth-order valence-electron chi connectivity index (χ4n) is 2.69. The van der Waals surface area contributed by atoms with E-state index in [1.165, 1.54) is 12.0 Å². The average molecular weight is 266 g/mol. The van der Waals surface area contributed by atoms with E-state index in [1.807, 2.05) is 11.7 Å². The first kappa shape index (κ1) is 16.2. The third kappa shape index (κ3) is 5.33. The summed E-state index contributed by atoms with van der Waals surface area (Å²) in [7, 11) is 6.25. The summed E-state index contributed by atoms with van der Waals surface area (Å²) in [6.45, 7) is 9.94. The highest BCUT2D eigenvalue weighted by Crippen LogP contribution is 2.18. The first-order valence-electron chi connectivity index (χ1n) is 7.20. The van der Waals surface area contributed by atoms with Crippen LogP contribution in [0.1, 0.15) is 44.5 Å². The van der Waals surface area contributed by atoms with Crippen molar-refractivity contribution in [3.8, 4) is 0 Å². The maximum atomic E-state index is 4.43. The van der Waals surface area contributed by atoms with E-state index in [-0.39, 0.29) is 0 Å². The van der Waals surface area contributed by atoms with E-state index in [9.17, 15) is 0 Å². The second kappa shape index (κ2) is 7.06. The molecule has 0 aliphatic heterocycles. The molecular formula is C15H30N4. The normalized spacial score (nSPS) is 15.2. The van der Waals surface area contributed by atoms with Gasteiger partial charge in [-0.1, -0.05) is 13.8 Å². The van der Waals surface area contributed by atoms with Crippen LogP contribution < -0.4 is 5.32 Å². The molecule has 1 N–H and O–H groups in total. The van der Waals surface area contributed by atoms with Crippen LogP contribution in [0.3, 0.4) is 0 Å². The third-order valence-electron chi connectivity index (χ3n) is 3.35. The second-order valence-corrected chi connectivity index (χ2v) is 6.32. The van der Waals surface area contributed by atoms with Crippen molar-refractivity contribution in [1.29, 1.82) is 0 Å². The summed E-state index contributed by atoms with van der Waals surface area (Å²) in [6, 6.07) is 0.863. The molecule has 0 saturated heterocycles. The average Bonchev–Trinajstić information content (AvgIpc) is 2.55. The van der Waals surface area contributed by atoms with Crippen LogP contribution in [-0.4, -0.2) is 41.4 Å². The number of rotatable bonds is 7. The second-order valence-electron chi connectivity index (χ2n) is 6.32. The molecule has 1 heterocycles. The fraction of sp³-hybridized carbons (Fsp3) is 0.800. The first-order valence-corrected chi connectivity index (χ1v) is 7.20. The molecule has 0 fully saturated rings. The zero-order valence-electron chi connectivity index (χ0n) is 13.6. The molecule has 0 amide bonds. The minimum absolute atomic E-state index is 0.345. The van der Waals surface area contributed by atoms with Gasteiger partial charge in [0.25, 0.3) is 0 Å². The number of nitrogens with zero attached hydrogens (tertiary/aromatic N) is 3. The summed E-state index contributed by atoms with van der Waals surface area (Å²) in [5.41, 5.74) is 2.42. The summed E-state index contributed by atoms with van der Waals surface area (Å²) in [5, 5.41) is 8.18. The Labute approximate surface area is 118 Å². The maximum Gasteiger partial charge on any atom is 0.0641 e. The molecule has 4 nitrogen and oxygen atoms in total. The summed E-state index contributed by atoms with van der Waals surface area (Å²) in [5.74, 6) is 0.708. The Morgan fingerprint density at radius 1 is 1.32 bits per heavy atom. The van der Waals surface area contributed by atoms with E-state index in [4.69, 9.17) is 0 Å². The standard InChI is InChI=1S/C15H30N4/c1-11(2)8-14(9-18(5)6)16-12(3)15-10-19(7)17-13(15)4/h10-12,14,16H,8-9H2,1-7H3. The van der Waals surface area contributed by atoms with Crippen molar-refractivity contribution in [1.82, 2.24) is 20.0 Å². The smallest absolute Gasteiger partial charge is 0.0641 e. The van der Waals surface area contributed by atoms with Crippen molar-refractivity contribution in [2.75, 3.05) is 20.6 Å². The van der Waals surface area contributed by atoms with Gasteiger partial charge in [0.2, 0.25) is 0 Å². The molecule has 0 aliphatic rings. The maximum absolute atomic E-state index is 4.43. The van der Waals surface area contributed by atoms with Crippen molar-refractivity contribution in [2.45, 2.75) is 46.2 Å². The molecular weight excluding hydrogens is 236 g/mol. The minimum Gasteiger partial charge on any atom is -0.308 e. The van der Waals surface area contributed by atoms with Crippen molar-refractivity contribution < 1.29 is 0 Å². The zero-order valence-corrected chi connectivity index (χ0v) is 13.6. The molecule has 1 aromatic heterocycles. The third-order valence-corrected chi connectivity index (χ3v) is 3.35. The predicted octanol–water partition coefficient (Wildman–Crippen LogP) is 2.36. The van der Waals surface area contributed by atoms with Crippen molar-refractivity contribution in [3.63, 3.8) is 0 Å². The Bertz CT molecular complexity index is 371. The van der Waals surface area contributed by atoms with Crippen LogP contribution in [-0.2, 0) is 7.05 Å². The van der Waals surface area contributed by atoms with E-state index < -0.39 is 0 Å². The molecule has 4 heteroatoms. The Morgan fingerprint density at radius 3 is 2.37 bits per heavy atom. The molecule has 0 spiro atoms. The van der Waals surface area contributed by atoms with Gasteiger partial charge in [-0.2, -0.15) is 5.10 Å². The van der Waals surface area contributed by atoms with Gasteiger partial charge in [0, 0.05) is 37.4 Å². The van der Waals surface area contributed by atoms with E-state index in [0.29, 0.717) is 18.0 Å². The van der Waals surface area contributed by atoms with Crippen LogP contribution >= 0.6 is 0 Å². The quantitative estimate of drug-likeness (QED) is 0.822. The lowest BCUT2D eigenvalue weighted by Gasteiger charge is -2.27. The van der Waals surface area contributed by atoms with Crippen LogP contribution in [0.4, 0.5) is 0 Å². The summed E-state index contributed by atoms with van der Waals surface area (Å²) >= 11 is 0. The number of likely N-dealkylation sites (N-methyl/N-ethyl adjacent to an activating group) is 1. The number of nitrogens with one attached hydrogen (secondary N) is 1. The molecule has 2 atom stereocenters.